The van der Waals surface area contributed by atoms with Gasteiger partial charge in [-0.3, -0.25) is 4.79 Å². The van der Waals surface area contributed by atoms with Crippen molar-refractivity contribution in [1.82, 2.24) is 5.32 Å². The molecule has 0 atom stereocenters. The Labute approximate surface area is 158 Å². The number of carbonyl (C=O) groups excluding carboxylic acids is 1. The van der Waals surface area contributed by atoms with E-state index in [2.05, 4.69) is 5.32 Å². The van der Waals surface area contributed by atoms with Gasteiger partial charge in [-0.25, -0.2) is 0 Å². The zero-order valence-corrected chi connectivity index (χ0v) is 15.6. The average molecular weight is 386 g/mol. The molecule has 0 aromatic heterocycles. The Morgan fingerprint density at radius 1 is 1.15 bits per heavy atom. The van der Waals surface area contributed by atoms with Crippen molar-refractivity contribution in [1.29, 1.82) is 0 Å². The molecule has 1 amide bonds. The summed E-state index contributed by atoms with van der Waals surface area (Å²) >= 11 is 0. The van der Waals surface area contributed by atoms with Crippen molar-refractivity contribution < 1.29 is 22.7 Å². The van der Waals surface area contributed by atoms with Crippen LogP contribution in [-0.2, 0) is 21.1 Å². The molecule has 1 fully saturated rings. The lowest BCUT2D eigenvalue weighted by Crippen LogP contribution is -2.44. The highest BCUT2D eigenvalue weighted by molar-refractivity contribution is 5.76. The normalized spacial score (nSPS) is 16.9. The maximum absolute atomic E-state index is 13.1. The van der Waals surface area contributed by atoms with Crippen molar-refractivity contribution in [3.8, 4) is 0 Å². The van der Waals surface area contributed by atoms with E-state index in [9.17, 15) is 18.0 Å². The number of amides is 1. The molecule has 1 aromatic carbocycles. The van der Waals surface area contributed by atoms with Crippen LogP contribution in [0.3, 0.4) is 0 Å². The van der Waals surface area contributed by atoms with Crippen molar-refractivity contribution in [3.05, 3.63) is 35.4 Å². The fraction of sp³-hybridized carbons (Fsp3) is 0.650. The molecule has 1 saturated heterocycles. The van der Waals surface area contributed by atoms with Crippen molar-refractivity contribution in [2.24, 2.45) is 5.73 Å². The van der Waals surface area contributed by atoms with Crippen molar-refractivity contribution >= 4 is 5.91 Å². The Balaban J connectivity index is 2.01. The van der Waals surface area contributed by atoms with E-state index in [0.717, 1.165) is 31.7 Å². The molecule has 1 aromatic rings. The molecular weight excluding hydrogens is 357 g/mol. The van der Waals surface area contributed by atoms with E-state index in [1.54, 1.807) is 6.07 Å². The highest BCUT2D eigenvalue weighted by Crippen LogP contribution is 2.37. The van der Waals surface area contributed by atoms with E-state index in [4.69, 9.17) is 10.5 Å². The van der Waals surface area contributed by atoms with Crippen LogP contribution in [0.25, 0.3) is 0 Å². The SMILES string of the molecule is NCCCCCCC(=O)NCC1(c2cccc(C(F)(F)F)c2)CCOCC1. The maximum atomic E-state index is 13.1. The summed E-state index contributed by atoms with van der Waals surface area (Å²) < 4.78 is 44.7. The van der Waals surface area contributed by atoms with Gasteiger partial charge < -0.3 is 15.8 Å². The van der Waals surface area contributed by atoms with Gasteiger partial charge in [0.2, 0.25) is 5.91 Å². The van der Waals surface area contributed by atoms with Crippen LogP contribution in [-0.4, -0.2) is 32.2 Å². The first kappa shape index (κ1) is 21.7. The highest BCUT2D eigenvalue weighted by atomic mass is 19.4. The molecule has 1 aliphatic rings. The molecule has 0 bridgehead atoms. The van der Waals surface area contributed by atoms with Gasteiger partial charge in [-0.05, 0) is 43.9 Å². The number of benzene rings is 1. The molecule has 0 spiro atoms. The van der Waals surface area contributed by atoms with E-state index in [0.29, 0.717) is 51.1 Å². The first-order chi connectivity index (χ1) is 12.9. The average Bonchev–Trinajstić information content (AvgIpc) is 2.66. The number of halogens is 3. The van der Waals surface area contributed by atoms with Crippen LogP contribution < -0.4 is 11.1 Å². The van der Waals surface area contributed by atoms with Gasteiger partial charge in [0.25, 0.3) is 0 Å². The lowest BCUT2D eigenvalue weighted by Gasteiger charge is -2.38. The predicted molar refractivity (Wildman–Crippen MR) is 98.3 cm³/mol. The van der Waals surface area contributed by atoms with Gasteiger partial charge in [0.05, 0.1) is 5.56 Å². The third kappa shape index (κ3) is 6.50. The van der Waals surface area contributed by atoms with Gasteiger partial charge in [-0.1, -0.05) is 31.0 Å². The summed E-state index contributed by atoms with van der Waals surface area (Å²) in [7, 11) is 0. The zero-order valence-electron chi connectivity index (χ0n) is 15.6. The second-order valence-electron chi connectivity index (χ2n) is 7.20. The smallest absolute Gasteiger partial charge is 0.381 e. The third-order valence-corrected chi connectivity index (χ3v) is 5.23. The number of carbonyl (C=O) groups is 1. The molecule has 1 heterocycles. The minimum Gasteiger partial charge on any atom is -0.381 e. The topological polar surface area (TPSA) is 64.4 Å². The Bertz CT molecular complexity index is 599. The molecule has 7 heteroatoms. The maximum Gasteiger partial charge on any atom is 0.416 e. The number of rotatable bonds is 9. The van der Waals surface area contributed by atoms with Crippen LogP contribution in [0.5, 0.6) is 0 Å². The third-order valence-electron chi connectivity index (χ3n) is 5.23. The number of unbranched alkanes of at least 4 members (excludes halogenated alkanes) is 3. The van der Waals surface area contributed by atoms with E-state index in [1.807, 2.05) is 0 Å². The molecule has 0 aliphatic carbocycles. The minimum atomic E-state index is -4.38. The van der Waals surface area contributed by atoms with Gasteiger partial charge in [0.1, 0.15) is 0 Å². The van der Waals surface area contributed by atoms with Crippen molar-refractivity contribution in [2.45, 2.75) is 56.5 Å². The Kier molecular flexibility index (Phi) is 8.10. The lowest BCUT2D eigenvalue weighted by atomic mass is 9.73. The number of nitrogens with one attached hydrogen (secondary N) is 1. The summed E-state index contributed by atoms with van der Waals surface area (Å²) in [6.45, 7) is 1.95. The summed E-state index contributed by atoms with van der Waals surface area (Å²) in [6, 6.07) is 5.45. The van der Waals surface area contributed by atoms with E-state index in [-0.39, 0.29) is 5.91 Å². The fourth-order valence-electron chi connectivity index (χ4n) is 3.49. The van der Waals surface area contributed by atoms with E-state index >= 15 is 0 Å². The first-order valence-electron chi connectivity index (χ1n) is 9.60. The molecule has 0 radical (unpaired) electrons. The van der Waals surface area contributed by atoms with Gasteiger partial charge in [-0.2, -0.15) is 13.2 Å². The Morgan fingerprint density at radius 2 is 1.85 bits per heavy atom. The van der Waals surface area contributed by atoms with Gasteiger partial charge in [0, 0.05) is 31.6 Å². The molecule has 152 valence electrons. The quantitative estimate of drug-likeness (QED) is 0.635. The van der Waals surface area contributed by atoms with E-state index < -0.39 is 17.2 Å². The minimum absolute atomic E-state index is 0.0550. The Morgan fingerprint density at radius 3 is 2.52 bits per heavy atom. The van der Waals surface area contributed by atoms with Crippen LogP contribution in [0.15, 0.2) is 24.3 Å². The molecule has 0 unspecified atom stereocenters. The lowest BCUT2D eigenvalue weighted by molar-refractivity contribution is -0.137. The Hall–Kier alpha value is -1.60. The number of nitrogens with two attached hydrogens (primary N) is 1. The van der Waals surface area contributed by atoms with Crippen LogP contribution in [0.2, 0.25) is 0 Å². The fourth-order valence-corrected chi connectivity index (χ4v) is 3.49. The molecular formula is C20H29F3N2O2. The number of hydrogen-bond donors (Lipinski definition) is 2. The molecule has 3 N–H and O–H groups in total. The second-order valence-corrected chi connectivity index (χ2v) is 7.20. The zero-order chi connectivity index (χ0) is 19.8. The molecule has 4 nitrogen and oxygen atoms in total. The first-order valence-corrected chi connectivity index (χ1v) is 9.60. The number of ether oxygens (including phenoxy) is 1. The van der Waals surface area contributed by atoms with Gasteiger partial charge >= 0.3 is 6.18 Å². The van der Waals surface area contributed by atoms with Crippen LogP contribution >= 0.6 is 0 Å². The summed E-state index contributed by atoms with van der Waals surface area (Å²) in [5.74, 6) is -0.0550. The number of hydrogen-bond acceptors (Lipinski definition) is 3. The summed E-state index contributed by atoms with van der Waals surface area (Å²) in [5.41, 5.74) is 4.89. The van der Waals surface area contributed by atoms with Crippen LogP contribution in [0.1, 0.15) is 56.1 Å². The van der Waals surface area contributed by atoms with Crippen molar-refractivity contribution in [2.75, 3.05) is 26.3 Å². The summed E-state index contributed by atoms with van der Waals surface area (Å²) in [4.78, 5) is 12.2. The largest absolute Gasteiger partial charge is 0.416 e. The van der Waals surface area contributed by atoms with Crippen LogP contribution in [0.4, 0.5) is 13.2 Å². The van der Waals surface area contributed by atoms with Crippen molar-refractivity contribution in [3.63, 3.8) is 0 Å². The molecule has 1 aliphatic heterocycles. The van der Waals surface area contributed by atoms with E-state index in [1.165, 1.54) is 12.1 Å². The monoisotopic (exact) mass is 386 g/mol. The summed E-state index contributed by atoms with van der Waals surface area (Å²) in [5, 5.41) is 2.94. The number of alkyl halides is 3. The summed E-state index contributed by atoms with van der Waals surface area (Å²) in [6.07, 6.45) is 0.948. The second kappa shape index (κ2) is 10.1. The molecule has 0 saturated carbocycles. The standard InChI is InChI=1S/C20H29F3N2O2/c21-20(22,23)17-7-5-6-16(14-17)19(9-12-27-13-10-19)15-25-18(26)8-3-1-2-4-11-24/h5-7,14H,1-4,8-13,15,24H2,(H,25,26). The predicted octanol–water partition coefficient (Wildman–Crippen LogP) is 3.78. The van der Waals surface area contributed by atoms with Gasteiger partial charge in [0.15, 0.2) is 0 Å². The van der Waals surface area contributed by atoms with Crippen LogP contribution in [0, 0.1) is 0 Å². The van der Waals surface area contributed by atoms with Gasteiger partial charge in [-0.15, -0.1) is 0 Å². The molecule has 2 rings (SSSR count). The highest BCUT2D eigenvalue weighted by Gasteiger charge is 2.37. The molecule has 27 heavy (non-hydrogen) atoms.